The number of aryl methyl sites for hydroxylation is 1. The molecule has 0 bridgehead atoms. The van der Waals surface area contributed by atoms with Crippen LogP contribution in [0, 0.1) is 11.8 Å². The molecule has 6 nitrogen and oxygen atoms in total. The van der Waals surface area contributed by atoms with E-state index in [-0.39, 0.29) is 23.6 Å². The minimum atomic E-state index is -1.08. The molecule has 2 aliphatic heterocycles. The van der Waals surface area contributed by atoms with Gasteiger partial charge in [0.25, 0.3) is 0 Å². The first-order valence-corrected chi connectivity index (χ1v) is 8.93. The number of aromatic nitrogens is 1. The zero-order chi connectivity index (χ0) is 17.4. The Kier molecular flexibility index (Phi) is 4.64. The van der Waals surface area contributed by atoms with E-state index in [2.05, 4.69) is 4.98 Å². The molecule has 2 N–H and O–H groups in total. The fourth-order valence-corrected chi connectivity index (χ4v) is 4.78. The van der Waals surface area contributed by atoms with E-state index < -0.39 is 18.0 Å². The Labute approximate surface area is 144 Å². The summed E-state index contributed by atoms with van der Waals surface area (Å²) in [4.78, 5) is 30.2. The summed E-state index contributed by atoms with van der Waals surface area (Å²) in [5.74, 6) is -1.27. The van der Waals surface area contributed by atoms with Crippen LogP contribution in [-0.4, -0.2) is 49.9 Å². The third-order valence-corrected chi connectivity index (χ3v) is 5.94. The van der Waals surface area contributed by atoms with E-state index >= 15 is 0 Å². The highest BCUT2D eigenvalue weighted by molar-refractivity contribution is 8.03. The molecule has 3 heterocycles. The van der Waals surface area contributed by atoms with Crippen LogP contribution < -0.4 is 0 Å². The van der Waals surface area contributed by atoms with Gasteiger partial charge >= 0.3 is 5.97 Å². The van der Waals surface area contributed by atoms with Crippen molar-refractivity contribution in [3.63, 3.8) is 0 Å². The third kappa shape index (κ3) is 2.71. The molecule has 1 amide bonds. The SMILES string of the molecule is CC(O)C1C(=O)N2C(C(=O)O)=C(SCCc3ccccn3)C(C)C12. The van der Waals surface area contributed by atoms with Crippen molar-refractivity contribution in [2.75, 3.05) is 5.75 Å². The first kappa shape index (κ1) is 17.0. The highest BCUT2D eigenvalue weighted by atomic mass is 32.2. The van der Waals surface area contributed by atoms with Crippen LogP contribution in [0.15, 0.2) is 35.0 Å². The van der Waals surface area contributed by atoms with Crippen molar-refractivity contribution in [2.45, 2.75) is 32.4 Å². The van der Waals surface area contributed by atoms with Crippen LogP contribution in [-0.2, 0) is 16.0 Å². The van der Waals surface area contributed by atoms with Crippen molar-refractivity contribution in [2.24, 2.45) is 11.8 Å². The van der Waals surface area contributed by atoms with Gasteiger partial charge in [-0.15, -0.1) is 11.8 Å². The molecule has 1 fully saturated rings. The molecule has 1 aromatic rings. The maximum absolute atomic E-state index is 12.2. The average molecular weight is 348 g/mol. The number of nitrogens with zero attached hydrogens (tertiary/aromatic N) is 2. The van der Waals surface area contributed by atoms with E-state index in [1.165, 1.54) is 16.7 Å². The number of aliphatic carboxylic acids is 1. The van der Waals surface area contributed by atoms with Crippen LogP contribution in [0.4, 0.5) is 0 Å². The topological polar surface area (TPSA) is 90.7 Å². The number of carbonyl (C=O) groups is 2. The molecular weight excluding hydrogens is 328 g/mol. The van der Waals surface area contributed by atoms with Gasteiger partial charge in [-0.3, -0.25) is 9.78 Å². The number of amides is 1. The number of aliphatic hydroxyl groups excluding tert-OH is 1. The number of carboxylic acids is 1. The maximum atomic E-state index is 12.2. The summed E-state index contributed by atoms with van der Waals surface area (Å²) in [6, 6.07) is 5.46. The molecule has 128 valence electrons. The highest BCUT2D eigenvalue weighted by Gasteiger charge is 2.59. The lowest BCUT2D eigenvalue weighted by molar-refractivity contribution is -0.163. The molecule has 0 aliphatic carbocycles. The Morgan fingerprint density at radius 3 is 2.79 bits per heavy atom. The summed E-state index contributed by atoms with van der Waals surface area (Å²) in [7, 11) is 0. The van der Waals surface area contributed by atoms with Gasteiger partial charge in [-0.05, 0) is 25.5 Å². The fraction of sp³-hybridized carbons (Fsp3) is 0.471. The largest absolute Gasteiger partial charge is 0.477 e. The Morgan fingerprint density at radius 1 is 1.46 bits per heavy atom. The maximum Gasteiger partial charge on any atom is 0.353 e. The predicted octanol–water partition coefficient (Wildman–Crippen LogP) is 1.51. The molecule has 0 spiro atoms. The van der Waals surface area contributed by atoms with Gasteiger partial charge in [0.05, 0.1) is 18.1 Å². The van der Waals surface area contributed by atoms with E-state index in [9.17, 15) is 19.8 Å². The first-order chi connectivity index (χ1) is 11.4. The Balaban J connectivity index is 1.76. The van der Waals surface area contributed by atoms with E-state index in [0.717, 1.165) is 17.0 Å². The number of hydrogen-bond acceptors (Lipinski definition) is 5. The van der Waals surface area contributed by atoms with E-state index in [4.69, 9.17) is 0 Å². The molecule has 0 saturated carbocycles. The number of carboxylic acid groups (broad SMARTS) is 1. The summed E-state index contributed by atoms with van der Waals surface area (Å²) in [6.45, 7) is 3.51. The van der Waals surface area contributed by atoms with Gasteiger partial charge in [0, 0.05) is 28.5 Å². The van der Waals surface area contributed by atoms with Gasteiger partial charge in [-0.25, -0.2) is 4.79 Å². The minimum absolute atomic E-state index is 0.0814. The van der Waals surface area contributed by atoms with Gasteiger partial charge in [0.1, 0.15) is 5.70 Å². The first-order valence-electron chi connectivity index (χ1n) is 7.94. The Morgan fingerprint density at radius 2 is 2.21 bits per heavy atom. The van der Waals surface area contributed by atoms with Crippen molar-refractivity contribution >= 4 is 23.6 Å². The number of hydrogen-bond donors (Lipinski definition) is 2. The lowest BCUT2D eigenvalue weighted by atomic mass is 9.79. The lowest BCUT2D eigenvalue weighted by Gasteiger charge is -2.46. The van der Waals surface area contributed by atoms with Crippen LogP contribution >= 0.6 is 11.8 Å². The number of pyridine rings is 1. The fourth-order valence-electron chi connectivity index (χ4n) is 3.53. The third-order valence-electron chi connectivity index (χ3n) is 4.65. The van der Waals surface area contributed by atoms with Crippen molar-refractivity contribution in [3.8, 4) is 0 Å². The van der Waals surface area contributed by atoms with E-state index in [1.54, 1.807) is 13.1 Å². The molecule has 0 radical (unpaired) electrons. The second-order valence-electron chi connectivity index (χ2n) is 6.19. The molecule has 7 heteroatoms. The number of carbonyl (C=O) groups excluding carboxylic acids is 1. The molecule has 2 aliphatic rings. The summed E-state index contributed by atoms with van der Waals surface area (Å²) < 4.78 is 0. The van der Waals surface area contributed by atoms with Crippen LogP contribution in [0.1, 0.15) is 19.5 Å². The van der Waals surface area contributed by atoms with Crippen LogP contribution in [0.2, 0.25) is 0 Å². The second kappa shape index (κ2) is 6.57. The molecule has 4 atom stereocenters. The zero-order valence-corrected chi connectivity index (χ0v) is 14.4. The number of β-lactam (4-membered cyclic amide) rings is 1. The van der Waals surface area contributed by atoms with E-state index in [1.807, 2.05) is 25.1 Å². The van der Waals surface area contributed by atoms with Crippen molar-refractivity contribution < 1.29 is 19.8 Å². The minimum Gasteiger partial charge on any atom is -0.477 e. The Hall–Kier alpha value is -1.86. The second-order valence-corrected chi connectivity index (χ2v) is 7.33. The summed E-state index contributed by atoms with van der Waals surface area (Å²) in [6.07, 6.45) is 1.69. The van der Waals surface area contributed by atoms with Crippen LogP contribution in [0.25, 0.3) is 0 Å². The van der Waals surface area contributed by atoms with Gasteiger partial charge in [0.15, 0.2) is 0 Å². The van der Waals surface area contributed by atoms with E-state index in [0.29, 0.717) is 5.75 Å². The number of fused-ring (bicyclic) bond motifs is 1. The predicted molar refractivity (Wildman–Crippen MR) is 90.0 cm³/mol. The summed E-state index contributed by atoms with van der Waals surface area (Å²) in [5, 5.41) is 19.4. The zero-order valence-electron chi connectivity index (χ0n) is 13.5. The molecular formula is C17H20N2O4S. The lowest BCUT2D eigenvalue weighted by Crippen LogP contribution is -2.63. The van der Waals surface area contributed by atoms with Crippen LogP contribution in [0.5, 0.6) is 0 Å². The quantitative estimate of drug-likeness (QED) is 0.758. The molecule has 1 saturated heterocycles. The molecule has 4 unspecified atom stereocenters. The van der Waals surface area contributed by atoms with Gasteiger partial charge in [0.2, 0.25) is 5.91 Å². The molecule has 24 heavy (non-hydrogen) atoms. The average Bonchev–Trinajstić information content (AvgIpc) is 2.78. The Bertz CT molecular complexity index is 689. The number of thioether (sulfide) groups is 1. The number of rotatable bonds is 6. The van der Waals surface area contributed by atoms with Gasteiger partial charge in [-0.1, -0.05) is 13.0 Å². The molecule has 3 rings (SSSR count). The number of aliphatic hydroxyl groups is 1. The molecule has 1 aromatic heterocycles. The summed E-state index contributed by atoms with van der Waals surface area (Å²) >= 11 is 1.47. The standard InChI is InChI=1S/C17H20N2O4S/c1-9-13-12(10(2)20)16(21)19(13)14(17(22)23)15(9)24-8-6-11-5-3-4-7-18-11/h3-5,7,9-10,12-13,20H,6,8H2,1-2H3,(H,22,23). The monoisotopic (exact) mass is 348 g/mol. The molecule has 0 aromatic carbocycles. The smallest absolute Gasteiger partial charge is 0.353 e. The van der Waals surface area contributed by atoms with Gasteiger partial charge in [-0.2, -0.15) is 0 Å². The van der Waals surface area contributed by atoms with Crippen molar-refractivity contribution in [3.05, 3.63) is 40.7 Å². The summed E-state index contributed by atoms with van der Waals surface area (Å²) in [5.41, 5.74) is 1.04. The van der Waals surface area contributed by atoms with Crippen molar-refractivity contribution in [1.29, 1.82) is 0 Å². The van der Waals surface area contributed by atoms with Gasteiger partial charge < -0.3 is 15.1 Å². The highest BCUT2D eigenvalue weighted by Crippen LogP contribution is 2.50. The van der Waals surface area contributed by atoms with Crippen molar-refractivity contribution in [1.82, 2.24) is 9.88 Å². The van der Waals surface area contributed by atoms with Crippen LogP contribution in [0.3, 0.4) is 0 Å². The normalized spacial score (nSPS) is 27.0.